The Morgan fingerprint density at radius 3 is 2.39 bits per heavy atom. The molecule has 0 bridgehead atoms. The van der Waals surface area contributed by atoms with Gasteiger partial charge in [0.2, 0.25) is 0 Å². The topological polar surface area (TPSA) is 49.8 Å². The van der Waals surface area contributed by atoms with Crippen molar-refractivity contribution in [3.63, 3.8) is 0 Å². The van der Waals surface area contributed by atoms with E-state index in [0.29, 0.717) is 18.6 Å². The predicted molar refractivity (Wildman–Crippen MR) is 95.6 cm³/mol. The Balaban J connectivity index is 2.58. The standard InChI is InChI=1S/C20H32O3/c1-2-3-12-15-18-19(23-18)16-13-10-8-6-4-5-7-9-11-14-17-20(21)22/h5,7,9,11,14,17-19H,2-4,6,8,10,12-13,15-16H2,1H3,(H,21,22)/i4D2,5D,7D,9D,11D,14D,17D. The molecule has 0 aromatic rings. The van der Waals surface area contributed by atoms with E-state index in [1.54, 1.807) is 0 Å². The van der Waals surface area contributed by atoms with Gasteiger partial charge in [0.05, 0.1) is 20.4 Å². The Bertz CT molecular complexity index is 730. The number of hydrogen-bond donors (Lipinski definition) is 1. The summed E-state index contributed by atoms with van der Waals surface area (Å²) in [5, 5.41) is 8.71. The summed E-state index contributed by atoms with van der Waals surface area (Å²) in [5.74, 6) is -1.75. The summed E-state index contributed by atoms with van der Waals surface area (Å²) < 4.78 is 67.5. The highest BCUT2D eigenvalue weighted by atomic mass is 16.6. The molecule has 0 aromatic carbocycles. The maximum Gasteiger partial charge on any atom is 0.328 e. The highest BCUT2D eigenvalue weighted by Crippen LogP contribution is 2.31. The number of rotatable bonds is 14. The molecule has 0 spiro atoms. The molecule has 1 saturated heterocycles. The first-order chi connectivity index (χ1) is 14.4. The van der Waals surface area contributed by atoms with Crippen molar-refractivity contribution >= 4 is 5.97 Å². The molecular formula is C20H32O3. The van der Waals surface area contributed by atoms with Gasteiger partial charge in [0.25, 0.3) is 0 Å². The van der Waals surface area contributed by atoms with Crippen LogP contribution in [-0.2, 0) is 9.53 Å². The Kier molecular flexibility index (Phi) is 5.99. The van der Waals surface area contributed by atoms with E-state index < -0.39 is 48.7 Å². The average molecular weight is 329 g/mol. The molecule has 0 amide bonds. The molecule has 3 nitrogen and oxygen atoms in total. The second-order valence-electron chi connectivity index (χ2n) is 5.54. The quantitative estimate of drug-likeness (QED) is 0.200. The fraction of sp³-hybridized carbons (Fsp3) is 0.650. The Hall–Kier alpha value is -1.35. The molecule has 1 aliphatic heterocycles. The van der Waals surface area contributed by atoms with Crippen LogP contribution in [0.1, 0.15) is 82.1 Å². The van der Waals surface area contributed by atoms with Crippen molar-refractivity contribution in [2.75, 3.05) is 0 Å². The molecule has 0 aromatic heterocycles. The minimum absolute atomic E-state index is 0.0251. The maximum atomic E-state index is 10.7. The van der Waals surface area contributed by atoms with Crippen molar-refractivity contribution in [3.8, 4) is 0 Å². The third-order valence-corrected chi connectivity index (χ3v) is 3.58. The van der Waals surface area contributed by atoms with Crippen molar-refractivity contribution in [2.45, 2.75) is 83.3 Å². The van der Waals surface area contributed by atoms with Gasteiger partial charge < -0.3 is 9.84 Å². The van der Waals surface area contributed by atoms with Crippen LogP contribution in [0.15, 0.2) is 36.3 Å². The number of epoxide rings is 1. The zero-order chi connectivity index (χ0) is 23.8. The molecule has 0 aliphatic carbocycles. The van der Waals surface area contributed by atoms with Crippen LogP contribution in [-0.4, -0.2) is 23.3 Å². The van der Waals surface area contributed by atoms with E-state index in [0.717, 1.165) is 25.7 Å². The van der Waals surface area contributed by atoms with Crippen LogP contribution in [0.5, 0.6) is 0 Å². The van der Waals surface area contributed by atoms with Gasteiger partial charge >= 0.3 is 5.97 Å². The van der Waals surface area contributed by atoms with E-state index in [4.69, 9.17) is 20.8 Å². The van der Waals surface area contributed by atoms with Gasteiger partial charge in [0.15, 0.2) is 0 Å². The van der Waals surface area contributed by atoms with Crippen LogP contribution in [0.2, 0.25) is 0 Å². The number of carboxylic acid groups (broad SMARTS) is 1. The van der Waals surface area contributed by atoms with Crippen LogP contribution < -0.4 is 0 Å². The van der Waals surface area contributed by atoms with Crippen molar-refractivity contribution < 1.29 is 25.6 Å². The summed E-state index contributed by atoms with van der Waals surface area (Å²) in [5.41, 5.74) is 0. The van der Waals surface area contributed by atoms with Gasteiger partial charge in [-0.25, -0.2) is 4.79 Å². The Morgan fingerprint density at radius 2 is 1.70 bits per heavy atom. The van der Waals surface area contributed by atoms with Gasteiger partial charge in [0, 0.05) is 8.79 Å². The van der Waals surface area contributed by atoms with Gasteiger partial charge in [-0.3, -0.25) is 0 Å². The highest BCUT2D eigenvalue weighted by Gasteiger charge is 2.36. The van der Waals surface area contributed by atoms with Crippen molar-refractivity contribution in [2.24, 2.45) is 0 Å². The van der Waals surface area contributed by atoms with Crippen LogP contribution in [0.25, 0.3) is 0 Å². The van der Waals surface area contributed by atoms with Gasteiger partial charge in [-0.1, -0.05) is 75.7 Å². The summed E-state index contributed by atoms with van der Waals surface area (Å²) in [6.07, 6.45) is 6.13. The minimum atomic E-state index is -2.19. The Morgan fingerprint density at radius 1 is 1.04 bits per heavy atom. The first-order valence-electron chi connectivity index (χ1n) is 12.4. The molecule has 2 unspecified atom stereocenters. The zero-order valence-corrected chi connectivity index (χ0v) is 13.8. The molecule has 3 heteroatoms. The fourth-order valence-corrected chi connectivity index (χ4v) is 2.30. The number of carbonyl (C=O) groups is 1. The van der Waals surface area contributed by atoms with E-state index in [1.807, 2.05) is 0 Å². The summed E-state index contributed by atoms with van der Waals surface area (Å²) in [4.78, 5) is 10.7. The van der Waals surface area contributed by atoms with Gasteiger partial charge in [-0.05, 0) is 25.6 Å². The lowest BCUT2D eigenvalue weighted by Crippen LogP contribution is -1.94. The van der Waals surface area contributed by atoms with Crippen LogP contribution in [0, 0.1) is 0 Å². The number of allylic oxidation sites excluding steroid dienone is 5. The molecule has 0 radical (unpaired) electrons. The van der Waals surface area contributed by atoms with Crippen LogP contribution in [0.4, 0.5) is 0 Å². The molecule has 1 N–H and O–H groups in total. The summed E-state index contributed by atoms with van der Waals surface area (Å²) >= 11 is 0. The molecule has 130 valence electrons. The minimum Gasteiger partial charge on any atom is -0.478 e. The zero-order valence-electron chi connectivity index (χ0n) is 21.8. The number of ether oxygens (including phenoxy) is 1. The Labute approximate surface area is 152 Å². The molecule has 1 fully saturated rings. The van der Waals surface area contributed by atoms with Gasteiger partial charge in [-0.2, -0.15) is 0 Å². The predicted octanol–water partition coefficient (Wildman–Crippen LogP) is 5.43. The first-order valence-corrected chi connectivity index (χ1v) is 8.36. The lowest BCUT2D eigenvalue weighted by molar-refractivity contribution is -0.131. The number of carboxylic acids is 1. The lowest BCUT2D eigenvalue weighted by Gasteiger charge is -1.98. The summed E-state index contributed by atoms with van der Waals surface area (Å²) in [6.45, 7) is 2.16. The van der Waals surface area contributed by atoms with E-state index in [1.165, 1.54) is 19.3 Å². The van der Waals surface area contributed by atoms with E-state index >= 15 is 0 Å². The number of unbranched alkanes of at least 4 members (excludes halogenated alkanes) is 4. The number of hydrogen-bond acceptors (Lipinski definition) is 2. The molecule has 23 heavy (non-hydrogen) atoms. The largest absolute Gasteiger partial charge is 0.478 e. The molecule has 0 saturated carbocycles. The third-order valence-electron chi connectivity index (χ3n) is 3.58. The summed E-state index contributed by atoms with van der Waals surface area (Å²) in [6, 6.07) is -5.91. The molecule has 1 rings (SSSR count). The van der Waals surface area contributed by atoms with Crippen LogP contribution in [0.3, 0.4) is 0 Å². The number of aliphatic carboxylic acids is 1. The highest BCUT2D eigenvalue weighted by molar-refractivity contribution is 5.80. The molecular weight excluding hydrogens is 288 g/mol. The molecule has 2 atom stereocenters. The lowest BCUT2D eigenvalue weighted by atomic mass is 10.1. The maximum absolute atomic E-state index is 10.7. The van der Waals surface area contributed by atoms with E-state index in [9.17, 15) is 4.79 Å². The monoisotopic (exact) mass is 328 g/mol. The molecule has 1 aliphatic rings. The van der Waals surface area contributed by atoms with Gasteiger partial charge in [-0.15, -0.1) is 0 Å². The van der Waals surface area contributed by atoms with Gasteiger partial charge in [0.1, 0.15) is 0 Å². The van der Waals surface area contributed by atoms with E-state index in [-0.39, 0.29) is 6.42 Å². The van der Waals surface area contributed by atoms with Crippen molar-refractivity contribution in [3.05, 3.63) is 36.3 Å². The normalized spacial score (nSPS) is 29.1. The van der Waals surface area contributed by atoms with Crippen LogP contribution >= 0.6 is 0 Å². The smallest absolute Gasteiger partial charge is 0.328 e. The molecule has 1 heterocycles. The van der Waals surface area contributed by atoms with E-state index in [2.05, 4.69) is 6.92 Å². The van der Waals surface area contributed by atoms with Crippen molar-refractivity contribution in [1.82, 2.24) is 0 Å². The SMILES string of the molecule is [2H]C(C(=O)O)=C([2H])C([2H])=C([2H])C([2H])=C([2H])C([2H])([2H])CCCCCC1OC1CCCCC. The average Bonchev–Trinajstić information content (AvgIpc) is 3.48. The first kappa shape index (κ1) is 10.5. The second kappa shape index (κ2) is 13.1. The summed E-state index contributed by atoms with van der Waals surface area (Å²) in [7, 11) is 0. The fourth-order valence-electron chi connectivity index (χ4n) is 2.30. The van der Waals surface area contributed by atoms with Crippen molar-refractivity contribution in [1.29, 1.82) is 0 Å². The third kappa shape index (κ3) is 11.8. The second-order valence-corrected chi connectivity index (χ2v) is 5.54.